The summed E-state index contributed by atoms with van der Waals surface area (Å²) < 4.78 is 7.10. The molecule has 0 bridgehead atoms. The molecule has 4 aromatic rings. The minimum Gasteiger partial charge on any atom is -0.497 e. The Morgan fingerprint density at radius 1 is 1.15 bits per heavy atom. The Morgan fingerprint density at radius 2 is 2.00 bits per heavy atom. The zero-order valence-electron chi connectivity index (χ0n) is 18.2. The molecular formula is C25H24N4O3S. The van der Waals surface area contributed by atoms with Gasteiger partial charge in [0.05, 0.1) is 12.0 Å². The summed E-state index contributed by atoms with van der Waals surface area (Å²) in [6.07, 6.45) is 6.47. The molecule has 2 amide bonds. The van der Waals surface area contributed by atoms with Gasteiger partial charge < -0.3 is 19.4 Å². The summed E-state index contributed by atoms with van der Waals surface area (Å²) in [5, 5.41) is 2.99. The molecule has 1 aliphatic rings. The molecule has 168 valence electrons. The van der Waals surface area contributed by atoms with Crippen LogP contribution in [-0.2, 0) is 6.54 Å². The van der Waals surface area contributed by atoms with Gasteiger partial charge in [-0.3, -0.25) is 9.59 Å². The van der Waals surface area contributed by atoms with Crippen molar-refractivity contribution >= 4 is 28.8 Å². The number of hydrogen-bond acceptors (Lipinski definition) is 5. The number of fused-ring (bicyclic) bond motifs is 1. The fourth-order valence-corrected chi connectivity index (χ4v) is 5.17. The van der Waals surface area contributed by atoms with Crippen LogP contribution in [-0.4, -0.2) is 46.3 Å². The number of ether oxygens (including phenoxy) is 1. The Labute approximate surface area is 195 Å². The SMILES string of the molecule is COc1ccc(C(=O)N2CCC(c3ccc(C(=O)NCc4ccn5ccnc5c4)s3)C2)cc1. The maximum absolute atomic E-state index is 12.8. The van der Waals surface area contributed by atoms with Gasteiger partial charge in [0.1, 0.15) is 11.4 Å². The molecule has 1 fully saturated rings. The number of thiophene rings is 1. The maximum atomic E-state index is 12.8. The normalized spacial score (nSPS) is 15.7. The summed E-state index contributed by atoms with van der Waals surface area (Å²) in [5.41, 5.74) is 2.52. The lowest BCUT2D eigenvalue weighted by molar-refractivity contribution is 0.0790. The van der Waals surface area contributed by atoms with Gasteiger partial charge in [0.15, 0.2) is 0 Å². The van der Waals surface area contributed by atoms with E-state index in [9.17, 15) is 9.59 Å². The van der Waals surface area contributed by atoms with E-state index in [1.807, 2.05) is 46.0 Å². The third kappa shape index (κ3) is 4.47. The van der Waals surface area contributed by atoms with Crippen LogP contribution in [0, 0.1) is 0 Å². The molecule has 1 unspecified atom stereocenters. The Morgan fingerprint density at radius 3 is 2.82 bits per heavy atom. The summed E-state index contributed by atoms with van der Waals surface area (Å²) in [7, 11) is 1.61. The van der Waals surface area contributed by atoms with Gasteiger partial charge in [0.2, 0.25) is 0 Å². The largest absolute Gasteiger partial charge is 0.497 e. The van der Waals surface area contributed by atoms with E-state index < -0.39 is 0 Å². The van der Waals surface area contributed by atoms with Crippen molar-refractivity contribution in [2.75, 3.05) is 20.2 Å². The van der Waals surface area contributed by atoms with Gasteiger partial charge in [-0.05, 0) is 60.5 Å². The molecule has 0 aliphatic carbocycles. The van der Waals surface area contributed by atoms with Gasteiger partial charge in [-0.1, -0.05) is 0 Å². The molecule has 5 rings (SSSR count). The molecule has 1 saturated heterocycles. The predicted molar refractivity (Wildman–Crippen MR) is 127 cm³/mol. The number of nitrogens with one attached hydrogen (secondary N) is 1. The van der Waals surface area contributed by atoms with Crippen molar-refractivity contribution in [3.63, 3.8) is 0 Å². The Balaban J connectivity index is 1.18. The van der Waals surface area contributed by atoms with E-state index in [0.717, 1.165) is 28.3 Å². The molecular weight excluding hydrogens is 436 g/mol. The fourth-order valence-electron chi connectivity index (χ4n) is 4.12. The second-order valence-corrected chi connectivity index (χ2v) is 9.19. The summed E-state index contributed by atoms with van der Waals surface area (Å²) in [6, 6.07) is 15.0. The summed E-state index contributed by atoms with van der Waals surface area (Å²) in [5.74, 6) is 0.932. The number of pyridine rings is 1. The van der Waals surface area contributed by atoms with Gasteiger partial charge >= 0.3 is 0 Å². The lowest BCUT2D eigenvalue weighted by atomic mass is 10.1. The minimum atomic E-state index is -0.0846. The van der Waals surface area contributed by atoms with Crippen LogP contribution in [0.3, 0.4) is 0 Å². The van der Waals surface area contributed by atoms with Crippen molar-refractivity contribution in [3.8, 4) is 5.75 Å². The number of benzene rings is 1. The zero-order chi connectivity index (χ0) is 22.8. The van der Waals surface area contributed by atoms with Crippen LogP contribution >= 0.6 is 11.3 Å². The average molecular weight is 461 g/mol. The molecule has 1 aromatic carbocycles. The van der Waals surface area contributed by atoms with Crippen LogP contribution in [0.2, 0.25) is 0 Å². The highest BCUT2D eigenvalue weighted by Crippen LogP contribution is 2.33. The number of methoxy groups -OCH3 is 1. The third-order valence-electron chi connectivity index (χ3n) is 5.98. The first-order valence-corrected chi connectivity index (χ1v) is 11.7. The van der Waals surface area contributed by atoms with E-state index >= 15 is 0 Å². The van der Waals surface area contributed by atoms with E-state index in [1.165, 1.54) is 11.3 Å². The van der Waals surface area contributed by atoms with E-state index in [1.54, 1.807) is 37.6 Å². The molecule has 0 radical (unpaired) electrons. The minimum absolute atomic E-state index is 0.0316. The standard InChI is InChI=1S/C25H24N4O3S/c1-32-20-4-2-18(3-5-20)25(31)29-12-9-19(16-29)21-6-7-22(33-21)24(30)27-15-17-8-11-28-13-10-26-23(28)14-17/h2-8,10-11,13-14,19H,9,12,15-16H2,1H3,(H,27,30). The van der Waals surface area contributed by atoms with Crippen LogP contribution in [0.25, 0.3) is 5.65 Å². The number of amides is 2. The molecule has 1 atom stereocenters. The Bertz CT molecular complexity index is 1290. The van der Waals surface area contributed by atoms with Crippen molar-refractivity contribution in [2.45, 2.75) is 18.9 Å². The zero-order valence-corrected chi connectivity index (χ0v) is 19.0. The topological polar surface area (TPSA) is 75.9 Å². The van der Waals surface area contributed by atoms with E-state index in [-0.39, 0.29) is 17.7 Å². The van der Waals surface area contributed by atoms with Crippen LogP contribution in [0.15, 0.2) is 67.1 Å². The van der Waals surface area contributed by atoms with E-state index in [0.29, 0.717) is 30.1 Å². The van der Waals surface area contributed by atoms with Crippen molar-refractivity contribution in [3.05, 3.63) is 88.0 Å². The number of nitrogens with zero attached hydrogens (tertiary/aromatic N) is 3. The fraction of sp³-hybridized carbons (Fsp3) is 0.240. The average Bonchev–Trinajstić information content (AvgIpc) is 3.61. The van der Waals surface area contributed by atoms with Gasteiger partial charge in [-0.2, -0.15) is 0 Å². The number of imidazole rings is 1. The first kappa shape index (κ1) is 21.2. The van der Waals surface area contributed by atoms with Gasteiger partial charge in [0, 0.05) is 54.6 Å². The number of aromatic nitrogens is 2. The van der Waals surface area contributed by atoms with Crippen molar-refractivity contribution in [1.82, 2.24) is 19.6 Å². The van der Waals surface area contributed by atoms with Crippen LogP contribution in [0.4, 0.5) is 0 Å². The number of carbonyl (C=O) groups is 2. The first-order chi connectivity index (χ1) is 16.1. The summed E-state index contributed by atoms with van der Waals surface area (Å²) in [4.78, 5) is 33.5. The van der Waals surface area contributed by atoms with Crippen LogP contribution < -0.4 is 10.1 Å². The molecule has 33 heavy (non-hydrogen) atoms. The van der Waals surface area contributed by atoms with Gasteiger partial charge in [-0.25, -0.2) is 4.98 Å². The molecule has 4 heterocycles. The highest BCUT2D eigenvalue weighted by atomic mass is 32.1. The second-order valence-electron chi connectivity index (χ2n) is 8.08. The predicted octanol–water partition coefficient (Wildman–Crippen LogP) is 3.96. The number of hydrogen-bond donors (Lipinski definition) is 1. The monoisotopic (exact) mass is 460 g/mol. The summed E-state index contributed by atoms with van der Waals surface area (Å²) >= 11 is 1.51. The third-order valence-corrected chi connectivity index (χ3v) is 7.23. The van der Waals surface area contributed by atoms with Crippen LogP contribution in [0.1, 0.15) is 42.8 Å². The first-order valence-electron chi connectivity index (χ1n) is 10.8. The second kappa shape index (κ2) is 9.07. The highest BCUT2D eigenvalue weighted by Gasteiger charge is 2.29. The molecule has 7 nitrogen and oxygen atoms in total. The maximum Gasteiger partial charge on any atom is 0.261 e. The molecule has 0 spiro atoms. The number of carbonyl (C=O) groups excluding carboxylic acids is 2. The Kier molecular flexibility index (Phi) is 5.83. The van der Waals surface area contributed by atoms with Gasteiger partial charge in [-0.15, -0.1) is 11.3 Å². The van der Waals surface area contributed by atoms with E-state index in [2.05, 4.69) is 10.3 Å². The molecule has 1 N–H and O–H groups in total. The van der Waals surface area contributed by atoms with Crippen molar-refractivity contribution < 1.29 is 14.3 Å². The van der Waals surface area contributed by atoms with Gasteiger partial charge in [0.25, 0.3) is 11.8 Å². The molecule has 1 aliphatic heterocycles. The lowest BCUT2D eigenvalue weighted by Crippen LogP contribution is -2.28. The smallest absolute Gasteiger partial charge is 0.261 e. The van der Waals surface area contributed by atoms with E-state index in [4.69, 9.17) is 4.74 Å². The Hall–Kier alpha value is -3.65. The highest BCUT2D eigenvalue weighted by molar-refractivity contribution is 7.14. The molecule has 0 saturated carbocycles. The quantitative estimate of drug-likeness (QED) is 0.473. The van der Waals surface area contributed by atoms with Crippen molar-refractivity contribution in [2.24, 2.45) is 0 Å². The number of rotatable bonds is 6. The van der Waals surface area contributed by atoms with Crippen LogP contribution in [0.5, 0.6) is 5.75 Å². The number of likely N-dealkylation sites (tertiary alicyclic amines) is 1. The molecule has 8 heteroatoms. The summed E-state index contributed by atoms with van der Waals surface area (Å²) in [6.45, 7) is 1.82. The lowest BCUT2D eigenvalue weighted by Gasteiger charge is -2.16. The molecule has 3 aromatic heterocycles. The van der Waals surface area contributed by atoms with Crippen molar-refractivity contribution in [1.29, 1.82) is 0 Å².